The van der Waals surface area contributed by atoms with Gasteiger partial charge in [0.1, 0.15) is 11.5 Å². The van der Waals surface area contributed by atoms with E-state index in [1.54, 1.807) is 0 Å². The number of allylic oxidation sites excluding steroid dienone is 2. The smallest absolute Gasteiger partial charge is 0.119 e. The Hall–Kier alpha value is -1.88. The molecule has 2 aliphatic carbocycles. The van der Waals surface area contributed by atoms with Crippen molar-refractivity contribution in [3.63, 3.8) is 0 Å². The van der Waals surface area contributed by atoms with Crippen molar-refractivity contribution in [2.24, 2.45) is 23.7 Å². The van der Waals surface area contributed by atoms with E-state index in [1.165, 1.54) is 64.2 Å². The van der Waals surface area contributed by atoms with Crippen molar-refractivity contribution >= 4 is 0 Å². The van der Waals surface area contributed by atoms with Gasteiger partial charge in [-0.15, -0.1) is 0 Å². The maximum Gasteiger partial charge on any atom is 0.119 e. The highest BCUT2D eigenvalue weighted by Gasteiger charge is 2.21. The highest BCUT2D eigenvalue weighted by atomic mass is 16.5. The van der Waals surface area contributed by atoms with E-state index in [1.807, 2.05) is 24.3 Å². The minimum Gasteiger partial charge on any atom is -0.494 e. The third kappa shape index (κ3) is 8.93. The average molecular weight is 437 g/mol. The lowest BCUT2D eigenvalue weighted by Gasteiger charge is -2.26. The molecule has 0 saturated heterocycles. The van der Waals surface area contributed by atoms with Gasteiger partial charge < -0.3 is 9.47 Å². The van der Waals surface area contributed by atoms with E-state index in [2.05, 4.69) is 37.8 Å². The number of hydrogen-bond acceptors (Lipinski definition) is 2. The summed E-state index contributed by atoms with van der Waals surface area (Å²) in [5.41, 5.74) is 0. The van der Waals surface area contributed by atoms with Crippen LogP contribution in [0.5, 0.6) is 11.5 Å². The lowest BCUT2D eigenvalue weighted by Crippen LogP contribution is -2.19. The molecule has 0 radical (unpaired) electrons. The first kappa shape index (κ1) is 24.8. The van der Waals surface area contributed by atoms with Crippen molar-refractivity contribution in [3.05, 3.63) is 36.4 Å². The Balaban J connectivity index is 1.29. The van der Waals surface area contributed by atoms with Crippen LogP contribution in [-0.2, 0) is 0 Å². The quantitative estimate of drug-likeness (QED) is 0.272. The van der Waals surface area contributed by atoms with Crippen LogP contribution in [0.25, 0.3) is 0 Å². The zero-order valence-corrected chi connectivity index (χ0v) is 20.5. The van der Waals surface area contributed by atoms with E-state index in [4.69, 9.17) is 9.47 Å². The molecule has 32 heavy (non-hydrogen) atoms. The summed E-state index contributed by atoms with van der Waals surface area (Å²) in [6, 6.07) is 8.09. The van der Waals surface area contributed by atoms with E-state index in [-0.39, 0.29) is 0 Å². The first-order valence-corrected chi connectivity index (χ1v) is 13.3. The minimum atomic E-state index is 0.566. The zero-order chi connectivity index (χ0) is 22.4. The number of hydrogen-bond donors (Lipinski definition) is 0. The molecule has 0 aromatic heterocycles. The Morgan fingerprint density at radius 1 is 0.812 bits per heavy atom. The standard InChI is InChI=1S/C30H44O2/c1-3-5-23-31-29-19-21-30(22-20-29)32-24-28-17-15-27(16-18-28)10-7-6-9-26-13-11-25(8-4-2)12-14-26/h6,9,19-22,25-28H,3-5,8,11-18,23-24H2,1-2H3/t25-,26-,27-,28-. The van der Waals surface area contributed by atoms with Crippen molar-refractivity contribution in [1.29, 1.82) is 0 Å². The summed E-state index contributed by atoms with van der Waals surface area (Å²) in [6.07, 6.45) is 20.0. The van der Waals surface area contributed by atoms with Crippen LogP contribution in [0.4, 0.5) is 0 Å². The summed E-state index contributed by atoms with van der Waals surface area (Å²) in [5, 5.41) is 0. The molecule has 1 aromatic rings. The highest BCUT2D eigenvalue weighted by Crippen LogP contribution is 2.32. The van der Waals surface area contributed by atoms with Gasteiger partial charge in [0.25, 0.3) is 0 Å². The maximum atomic E-state index is 6.05. The number of unbranched alkanes of at least 4 members (excludes halogenated alkanes) is 1. The molecule has 0 atom stereocenters. The fraction of sp³-hybridized carbons (Fsp3) is 0.667. The van der Waals surface area contributed by atoms with Crippen molar-refractivity contribution in [2.75, 3.05) is 13.2 Å². The first-order chi connectivity index (χ1) is 15.8. The average Bonchev–Trinajstić information content (AvgIpc) is 2.83. The SMILES string of the molecule is CCCCOc1ccc(OC[C@H]2CC[C@H](C#CC=C[C@H]3CC[C@H](CCC)CC3)CC2)cc1. The third-order valence-corrected chi connectivity index (χ3v) is 7.25. The molecule has 2 aliphatic rings. The van der Waals surface area contributed by atoms with E-state index in [0.29, 0.717) is 11.8 Å². The van der Waals surface area contributed by atoms with Gasteiger partial charge in [-0.1, -0.05) is 51.0 Å². The first-order valence-electron chi connectivity index (χ1n) is 13.3. The fourth-order valence-electron chi connectivity index (χ4n) is 5.08. The molecule has 2 nitrogen and oxygen atoms in total. The van der Waals surface area contributed by atoms with Gasteiger partial charge in [-0.3, -0.25) is 0 Å². The summed E-state index contributed by atoms with van der Waals surface area (Å²) < 4.78 is 11.8. The van der Waals surface area contributed by atoms with Crippen LogP contribution in [0.3, 0.4) is 0 Å². The van der Waals surface area contributed by atoms with E-state index < -0.39 is 0 Å². The lowest BCUT2D eigenvalue weighted by atomic mass is 9.80. The topological polar surface area (TPSA) is 18.5 Å². The fourth-order valence-corrected chi connectivity index (χ4v) is 5.08. The second-order valence-corrected chi connectivity index (χ2v) is 9.92. The molecule has 2 fully saturated rings. The van der Waals surface area contributed by atoms with Crippen LogP contribution >= 0.6 is 0 Å². The molecular formula is C30H44O2. The second-order valence-electron chi connectivity index (χ2n) is 9.92. The van der Waals surface area contributed by atoms with Crippen LogP contribution in [-0.4, -0.2) is 13.2 Å². The second kappa shape index (κ2) is 14.3. The van der Waals surface area contributed by atoms with Gasteiger partial charge >= 0.3 is 0 Å². The molecule has 0 N–H and O–H groups in total. The number of ether oxygens (including phenoxy) is 2. The normalized spacial score (nSPS) is 25.8. The molecule has 2 heteroatoms. The zero-order valence-electron chi connectivity index (χ0n) is 20.5. The van der Waals surface area contributed by atoms with E-state index >= 15 is 0 Å². The Kier molecular flexibility index (Phi) is 11.1. The molecule has 1 aromatic carbocycles. The monoisotopic (exact) mass is 436 g/mol. The summed E-state index contributed by atoms with van der Waals surface area (Å²) in [7, 11) is 0. The predicted octanol–water partition coefficient (Wildman–Crippen LogP) is 8.22. The van der Waals surface area contributed by atoms with Gasteiger partial charge in [0, 0.05) is 5.92 Å². The summed E-state index contributed by atoms with van der Waals surface area (Å²) in [4.78, 5) is 0. The largest absolute Gasteiger partial charge is 0.494 e. The van der Waals surface area contributed by atoms with Crippen LogP contribution in [0.15, 0.2) is 36.4 Å². The Bertz CT molecular complexity index is 707. The van der Waals surface area contributed by atoms with Crippen molar-refractivity contribution < 1.29 is 9.47 Å². The molecule has 0 aliphatic heterocycles. The van der Waals surface area contributed by atoms with Gasteiger partial charge in [-0.05, 0) is 106 Å². The van der Waals surface area contributed by atoms with Crippen LogP contribution in [0.1, 0.15) is 90.9 Å². The van der Waals surface area contributed by atoms with Gasteiger partial charge in [0.15, 0.2) is 0 Å². The van der Waals surface area contributed by atoms with Gasteiger partial charge in [0.05, 0.1) is 13.2 Å². The Morgan fingerprint density at radius 3 is 2.12 bits per heavy atom. The molecule has 3 rings (SSSR count). The Labute approximate surface area is 197 Å². The van der Waals surface area contributed by atoms with Gasteiger partial charge in [0.2, 0.25) is 0 Å². The molecular weight excluding hydrogens is 392 g/mol. The van der Waals surface area contributed by atoms with Crippen molar-refractivity contribution in [2.45, 2.75) is 90.9 Å². The van der Waals surface area contributed by atoms with Crippen LogP contribution < -0.4 is 9.47 Å². The number of benzene rings is 1. The summed E-state index contributed by atoms with van der Waals surface area (Å²) in [5.74, 6) is 11.7. The molecule has 176 valence electrons. The van der Waals surface area contributed by atoms with Gasteiger partial charge in [-0.25, -0.2) is 0 Å². The molecule has 0 bridgehead atoms. The lowest BCUT2D eigenvalue weighted by molar-refractivity contribution is 0.196. The molecule has 0 unspecified atom stereocenters. The number of rotatable bonds is 10. The van der Waals surface area contributed by atoms with Crippen LogP contribution in [0, 0.1) is 35.5 Å². The highest BCUT2D eigenvalue weighted by molar-refractivity contribution is 5.31. The summed E-state index contributed by atoms with van der Waals surface area (Å²) >= 11 is 0. The Morgan fingerprint density at radius 2 is 1.47 bits per heavy atom. The van der Waals surface area contributed by atoms with Crippen LogP contribution in [0.2, 0.25) is 0 Å². The van der Waals surface area contributed by atoms with Gasteiger partial charge in [-0.2, -0.15) is 0 Å². The maximum absolute atomic E-state index is 6.05. The summed E-state index contributed by atoms with van der Waals surface area (Å²) in [6.45, 7) is 6.10. The van der Waals surface area contributed by atoms with E-state index in [9.17, 15) is 0 Å². The predicted molar refractivity (Wildman–Crippen MR) is 135 cm³/mol. The molecule has 0 spiro atoms. The van der Waals surface area contributed by atoms with Crippen molar-refractivity contribution in [1.82, 2.24) is 0 Å². The van der Waals surface area contributed by atoms with E-state index in [0.717, 1.165) is 49.4 Å². The molecule has 0 amide bonds. The molecule has 0 heterocycles. The molecule has 2 saturated carbocycles. The van der Waals surface area contributed by atoms with Crippen molar-refractivity contribution in [3.8, 4) is 23.3 Å². The third-order valence-electron chi connectivity index (χ3n) is 7.25. The minimum absolute atomic E-state index is 0.566.